The maximum atomic E-state index is 12.0. The smallest absolute Gasteiger partial charge is 0.262 e. The van der Waals surface area contributed by atoms with Crippen LogP contribution < -0.4 is 10.1 Å². The number of amides is 1. The van der Waals surface area contributed by atoms with Crippen LogP contribution in [0.3, 0.4) is 0 Å². The molecule has 0 atom stereocenters. The van der Waals surface area contributed by atoms with E-state index in [0.29, 0.717) is 22.2 Å². The monoisotopic (exact) mass is 328 g/mol. The highest BCUT2D eigenvalue weighted by Gasteiger charge is 2.14. The van der Waals surface area contributed by atoms with E-state index in [1.54, 1.807) is 0 Å². The number of nitrogens with zero attached hydrogens (tertiary/aromatic N) is 1. The van der Waals surface area contributed by atoms with Gasteiger partial charge in [-0.05, 0) is 43.0 Å². The molecule has 0 saturated carbocycles. The Kier molecular flexibility index (Phi) is 5.41. The molecule has 1 N–H and O–H groups in total. The number of nitrogens with one attached hydrogen (secondary N) is 1. The second-order valence-electron chi connectivity index (χ2n) is 5.66. The number of hydrogen-bond donors (Lipinski definition) is 1. The molecule has 0 bridgehead atoms. The summed E-state index contributed by atoms with van der Waals surface area (Å²) in [4.78, 5) is 13.0. The Morgan fingerprint density at radius 3 is 2.52 bits per heavy atom. The van der Waals surface area contributed by atoms with Gasteiger partial charge in [0.2, 0.25) is 0 Å². The number of anilines is 1. The van der Waals surface area contributed by atoms with Gasteiger partial charge in [0, 0.05) is 4.88 Å². The van der Waals surface area contributed by atoms with E-state index in [4.69, 9.17) is 4.74 Å². The van der Waals surface area contributed by atoms with Gasteiger partial charge in [0.1, 0.15) is 16.8 Å². The summed E-state index contributed by atoms with van der Waals surface area (Å²) >= 11 is 1.41. The van der Waals surface area contributed by atoms with Gasteiger partial charge in [0.15, 0.2) is 6.61 Å². The summed E-state index contributed by atoms with van der Waals surface area (Å²) in [6.07, 6.45) is 0. The van der Waals surface area contributed by atoms with Gasteiger partial charge in [-0.3, -0.25) is 4.79 Å². The largest absolute Gasteiger partial charge is 0.484 e. The Labute approximate surface area is 140 Å². The standard InChI is InChI=1S/C18H20N2O2S/c1-11(2)14-5-7-15(8-6-14)22-10-17(21)20-18-16(9-19)12(3)13(4)23-18/h5-8,11H,10H2,1-4H3,(H,20,21). The van der Waals surface area contributed by atoms with Gasteiger partial charge in [-0.15, -0.1) is 11.3 Å². The van der Waals surface area contributed by atoms with Crippen LogP contribution in [-0.2, 0) is 4.79 Å². The average molecular weight is 328 g/mol. The zero-order chi connectivity index (χ0) is 17.0. The van der Waals surface area contributed by atoms with E-state index in [0.717, 1.165) is 10.4 Å². The predicted octanol–water partition coefficient (Wildman–Crippen LogP) is 4.38. The third-order valence-electron chi connectivity index (χ3n) is 3.67. The van der Waals surface area contributed by atoms with Crippen molar-refractivity contribution < 1.29 is 9.53 Å². The van der Waals surface area contributed by atoms with E-state index in [-0.39, 0.29) is 12.5 Å². The van der Waals surface area contributed by atoms with Gasteiger partial charge in [-0.1, -0.05) is 26.0 Å². The number of carbonyl (C=O) groups excluding carboxylic acids is 1. The fourth-order valence-corrected chi connectivity index (χ4v) is 3.14. The highest BCUT2D eigenvalue weighted by molar-refractivity contribution is 7.16. The lowest BCUT2D eigenvalue weighted by atomic mass is 10.0. The van der Waals surface area contributed by atoms with Gasteiger partial charge < -0.3 is 10.1 Å². The lowest BCUT2D eigenvalue weighted by molar-refractivity contribution is -0.118. The molecule has 0 aliphatic rings. The SMILES string of the molecule is Cc1sc(NC(=O)COc2ccc(C(C)C)cc2)c(C#N)c1C. The molecule has 1 aromatic carbocycles. The number of aryl methyl sites for hydroxylation is 1. The zero-order valence-corrected chi connectivity index (χ0v) is 14.6. The Hall–Kier alpha value is -2.32. The van der Waals surface area contributed by atoms with Crippen molar-refractivity contribution in [2.24, 2.45) is 0 Å². The molecule has 2 rings (SSSR count). The van der Waals surface area contributed by atoms with Crippen LogP contribution in [0.5, 0.6) is 5.75 Å². The summed E-state index contributed by atoms with van der Waals surface area (Å²) in [5.74, 6) is 0.848. The number of hydrogen-bond acceptors (Lipinski definition) is 4. The molecular formula is C18H20N2O2S. The topological polar surface area (TPSA) is 62.1 Å². The van der Waals surface area contributed by atoms with Crippen molar-refractivity contribution in [1.82, 2.24) is 0 Å². The van der Waals surface area contributed by atoms with Crippen molar-refractivity contribution in [2.45, 2.75) is 33.6 Å². The van der Waals surface area contributed by atoms with Gasteiger partial charge in [0.05, 0.1) is 5.56 Å². The molecule has 5 heteroatoms. The second-order valence-corrected chi connectivity index (χ2v) is 6.88. The highest BCUT2D eigenvalue weighted by atomic mass is 32.1. The first-order chi connectivity index (χ1) is 10.9. The van der Waals surface area contributed by atoms with E-state index >= 15 is 0 Å². The number of ether oxygens (including phenoxy) is 1. The molecule has 0 unspecified atom stereocenters. The molecule has 23 heavy (non-hydrogen) atoms. The van der Waals surface area contributed by atoms with Crippen molar-refractivity contribution in [3.05, 3.63) is 45.8 Å². The quantitative estimate of drug-likeness (QED) is 0.886. The van der Waals surface area contributed by atoms with Crippen LogP contribution in [0.2, 0.25) is 0 Å². The van der Waals surface area contributed by atoms with Crippen LogP contribution in [-0.4, -0.2) is 12.5 Å². The van der Waals surface area contributed by atoms with E-state index in [1.807, 2.05) is 38.1 Å². The maximum Gasteiger partial charge on any atom is 0.262 e. The van der Waals surface area contributed by atoms with Crippen LogP contribution in [0.1, 0.15) is 41.3 Å². The van der Waals surface area contributed by atoms with E-state index in [9.17, 15) is 10.1 Å². The normalized spacial score (nSPS) is 10.4. The molecule has 0 spiro atoms. The molecule has 4 nitrogen and oxygen atoms in total. The van der Waals surface area contributed by atoms with Crippen molar-refractivity contribution in [1.29, 1.82) is 5.26 Å². The van der Waals surface area contributed by atoms with Gasteiger partial charge in [-0.25, -0.2) is 0 Å². The van der Waals surface area contributed by atoms with Crippen LogP contribution in [0.4, 0.5) is 5.00 Å². The van der Waals surface area contributed by atoms with Gasteiger partial charge >= 0.3 is 0 Å². The van der Waals surface area contributed by atoms with Crippen molar-refractivity contribution in [3.63, 3.8) is 0 Å². The summed E-state index contributed by atoms with van der Waals surface area (Å²) in [7, 11) is 0. The molecule has 1 aromatic heterocycles. The van der Waals surface area contributed by atoms with Crippen LogP contribution >= 0.6 is 11.3 Å². The predicted molar refractivity (Wildman–Crippen MR) is 93.2 cm³/mol. The van der Waals surface area contributed by atoms with E-state index < -0.39 is 0 Å². The molecule has 120 valence electrons. The summed E-state index contributed by atoms with van der Waals surface area (Å²) in [5.41, 5.74) is 2.67. The summed E-state index contributed by atoms with van der Waals surface area (Å²) in [6, 6.07) is 9.86. The third kappa shape index (κ3) is 4.11. The second kappa shape index (κ2) is 7.30. The minimum atomic E-state index is -0.268. The molecule has 0 aliphatic carbocycles. The summed E-state index contributed by atoms with van der Waals surface area (Å²) in [5, 5.41) is 12.5. The number of thiophene rings is 1. The highest BCUT2D eigenvalue weighted by Crippen LogP contribution is 2.31. The first-order valence-electron chi connectivity index (χ1n) is 7.45. The zero-order valence-electron chi connectivity index (χ0n) is 13.8. The Morgan fingerprint density at radius 1 is 1.30 bits per heavy atom. The minimum absolute atomic E-state index is 0.0815. The van der Waals surface area contributed by atoms with Crippen LogP contribution in [0.15, 0.2) is 24.3 Å². The Balaban J connectivity index is 1.95. The van der Waals surface area contributed by atoms with E-state index in [1.165, 1.54) is 16.9 Å². The lowest BCUT2D eigenvalue weighted by Crippen LogP contribution is -2.20. The molecule has 2 aromatic rings. The fraction of sp³-hybridized carbons (Fsp3) is 0.333. The molecule has 0 radical (unpaired) electrons. The van der Waals surface area contributed by atoms with Crippen molar-refractivity contribution in [3.8, 4) is 11.8 Å². The first kappa shape index (κ1) is 17.0. The minimum Gasteiger partial charge on any atom is -0.484 e. The Morgan fingerprint density at radius 2 is 1.96 bits per heavy atom. The molecular weight excluding hydrogens is 308 g/mol. The summed E-state index contributed by atoms with van der Waals surface area (Å²) < 4.78 is 5.49. The molecule has 0 aliphatic heterocycles. The van der Waals surface area contributed by atoms with Crippen molar-refractivity contribution in [2.75, 3.05) is 11.9 Å². The molecule has 0 saturated heterocycles. The molecule has 1 heterocycles. The van der Waals surface area contributed by atoms with E-state index in [2.05, 4.69) is 25.2 Å². The van der Waals surface area contributed by atoms with Crippen LogP contribution in [0, 0.1) is 25.2 Å². The number of carbonyl (C=O) groups is 1. The van der Waals surface area contributed by atoms with Gasteiger partial charge in [0.25, 0.3) is 5.91 Å². The number of rotatable bonds is 5. The van der Waals surface area contributed by atoms with Gasteiger partial charge in [-0.2, -0.15) is 5.26 Å². The average Bonchev–Trinajstić information content (AvgIpc) is 2.79. The number of nitriles is 1. The number of benzene rings is 1. The lowest BCUT2D eigenvalue weighted by Gasteiger charge is -2.09. The Bertz CT molecular complexity index is 740. The maximum absolute atomic E-state index is 12.0. The fourth-order valence-electron chi connectivity index (χ4n) is 2.11. The first-order valence-corrected chi connectivity index (χ1v) is 8.26. The van der Waals surface area contributed by atoms with Crippen LogP contribution in [0.25, 0.3) is 0 Å². The molecule has 0 fully saturated rings. The third-order valence-corrected chi connectivity index (χ3v) is 4.79. The summed E-state index contributed by atoms with van der Waals surface area (Å²) in [6.45, 7) is 7.99. The van der Waals surface area contributed by atoms with Crippen molar-refractivity contribution >= 4 is 22.2 Å². The molecule has 1 amide bonds.